The molecule has 8 heteroatoms. The highest BCUT2D eigenvalue weighted by molar-refractivity contribution is 7.92. The molecule has 1 N–H and O–H groups in total. The van der Waals surface area contributed by atoms with E-state index in [1.54, 1.807) is 19.9 Å². The van der Waals surface area contributed by atoms with Gasteiger partial charge < -0.3 is 0 Å². The van der Waals surface area contributed by atoms with Crippen LogP contribution in [0.25, 0.3) is 0 Å². The largest absolute Gasteiger partial charge is 0.264 e. The molecule has 5 nitrogen and oxygen atoms in total. The van der Waals surface area contributed by atoms with Gasteiger partial charge >= 0.3 is 0 Å². The molecule has 0 aliphatic carbocycles. The Morgan fingerprint density at radius 2 is 1.60 bits per heavy atom. The van der Waals surface area contributed by atoms with Gasteiger partial charge in [-0.15, -0.1) is 0 Å². The zero-order chi connectivity index (χ0) is 14.9. The molecule has 0 spiro atoms. The number of rotatable bonds is 3. The van der Waals surface area contributed by atoms with E-state index in [-0.39, 0.29) is 5.95 Å². The first-order valence-corrected chi connectivity index (χ1v) is 7.06. The lowest BCUT2D eigenvalue weighted by Gasteiger charge is -2.08. The Morgan fingerprint density at radius 3 is 2.15 bits per heavy atom. The van der Waals surface area contributed by atoms with Gasteiger partial charge in [0.1, 0.15) is 0 Å². The Labute approximate surface area is 114 Å². The van der Waals surface area contributed by atoms with Crippen molar-refractivity contribution in [2.75, 3.05) is 4.72 Å². The fraction of sp³-hybridized carbons (Fsp3) is 0.167. The summed E-state index contributed by atoms with van der Waals surface area (Å²) in [5, 5.41) is 0. The lowest BCUT2D eigenvalue weighted by molar-refractivity contribution is 0.504. The maximum Gasteiger partial charge on any atom is 0.264 e. The van der Waals surface area contributed by atoms with Crippen molar-refractivity contribution in [1.29, 1.82) is 0 Å². The van der Waals surface area contributed by atoms with Crippen LogP contribution >= 0.6 is 0 Å². The summed E-state index contributed by atoms with van der Waals surface area (Å²) in [7, 11) is -4.07. The Bertz CT molecular complexity index is 743. The molecule has 0 saturated heterocycles. The minimum absolute atomic E-state index is 0.118. The highest BCUT2D eigenvalue weighted by Crippen LogP contribution is 2.16. The SMILES string of the molecule is Cc1cc(C)nc(NS(=O)(=O)c2ccc(F)c(F)c2)n1. The van der Waals surface area contributed by atoms with E-state index in [0.29, 0.717) is 17.5 Å². The Kier molecular flexibility index (Phi) is 3.67. The van der Waals surface area contributed by atoms with Crippen molar-refractivity contribution in [1.82, 2.24) is 9.97 Å². The van der Waals surface area contributed by atoms with Crippen LogP contribution in [-0.2, 0) is 10.0 Å². The van der Waals surface area contributed by atoms with Gasteiger partial charge in [-0.05, 0) is 38.1 Å². The lowest BCUT2D eigenvalue weighted by atomic mass is 10.3. The van der Waals surface area contributed by atoms with Crippen LogP contribution in [0.5, 0.6) is 0 Å². The van der Waals surface area contributed by atoms with E-state index in [9.17, 15) is 17.2 Å². The average molecular weight is 299 g/mol. The van der Waals surface area contributed by atoms with Crippen LogP contribution in [0.3, 0.4) is 0 Å². The molecule has 0 saturated carbocycles. The Balaban J connectivity index is 2.37. The smallest absolute Gasteiger partial charge is 0.247 e. The molecule has 1 heterocycles. The first-order valence-electron chi connectivity index (χ1n) is 5.58. The summed E-state index contributed by atoms with van der Waals surface area (Å²) < 4.78 is 52.0. The third-order valence-electron chi connectivity index (χ3n) is 2.41. The topological polar surface area (TPSA) is 72.0 Å². The fourth-order valence-electron chi connectivity index (χ4n) is 1.59. The van der Waals surface area contributed by atoms with Crippen molar-refractivity contribution >= 4 is 16.0 Å². The molecule has 0 amide bonds. The minimum atomic E-state index is -4.07. The Hall–Kier alpha value is -2.09. The number of nitrogens with one attached hydrogen (secondary N) is 1. The zero-order valence-electron chi connectivity index (χ0n) is 10.7. The third-order valence-corrected chi connectivity index (χ3v) is 3.74. The van der Waals surface area contributed by atoms with Crippen LogP contribution in [-0.4, -0.2) is 18.4 Å². The molecule has 1 aromatic heterocycles. The second kappa shape index (κ2) is 5.12. The van der Waals surface area contributed by atoms with Gasteiger partial charge in [-0.2, -0.15) is 0 Å². The highest BCUT2D eigenvalue weighted by atomic mass is 32.2. The van der Waals surface area contributed by atoms with Gasteiger partial charge in [-0.3, -0.25) is 0 Å². The normalized spacial score (nSPS) is 11.4. The van der Waals surface area contributed by atoms with Crippen LogP contribution in [0.1, 0.15) is 11.4 Å². The maximum atomic E-state index is 13.1. The van der Waals surface area contributed by atoms with Gasteiger partial charge in [0.2, 0.25) is 5.95 Å². The standard InChI is InChI=1S/C12H11F2N3O2S/c1-7-5-8(2)16-12(15-7)17-20(18,19)9-3-4-10(13)11(14)6-9/h3-6H,1-2H3,(H,15,16,17). The van der Waals surface area contributed by atoms with Crippen molar-refractivity contribution < 1.29 is 17.2 Å². The summed E-state index contributed by atoms with van der Waals surface area (Å²) in [6.45, 7) is 3.37. The molecule has 20 heavy (non-hydrogen) atoms. The predicted octanol–water partition coefficient (Wildman–Crippen LogP) is 2.17. The molecule has 2 rings (SSSR count). The molecule has 106 valence electrons. The number of hydrogen-bond acceptors (Lipinski definition) is 4. The molecule has 0 fully saturated rings. The number of halogens is 2. The second-order valence-electron chi connectivity index (χ2n) is 4.16. The Morgan fingerprint density at radius 1 is 1.00 bits per heavy atom. The maximum absolute atomic E-state index is 13.1. The molecule has 2 aromatic rings. The lowest BCUT2D eigenvalue weighted by Crippen LogP contribution is -2.16. The third kappa shape index (κ3) is 3.08. The van der Waals surface area contributed by atoms with Crippen LogP contribution in [0, 0.1) is 25.5 Å². The van der Waals surface area contributed by atoms with Gasteiger partial charge in [0.25, 0.3) is 10.0 Å². The van der Waals surface area contributed by atoms with E-state index in [0.717, 1.165) is 12.1 Å². The molecule has 0 atom stereocenters. The van der Waals surface area contributed by atoms with Crippen molar-refractivity contribution in [2.45, 2.75) is 18.7 Å². The number of aryl methyl sites for hydroxylation is 2. The quantitative estimate of drug-likeness (QED) is 0.943. The first kappa shape index (κ1) is 14.3. The van der Waals surface area contributed by atoms with Crippen LogP contribution < -0.4 is 4.72 Å². The molecule has 0 aliphatic rings. The zero-order valence-corrected chi connectivity index (χ0v) is 11.5. The molecular formula is C12H11F2N3O2S. The second-order valence-corrected chi connectivity index (χ2v) is 5.84. The molecule has 1 aromatic carbocycles. The van der Waals surface area contributed by atoms with Crippen LogP contribution in [0.4, 0.5) is 14.7 Å². The van der Waals surface area contributed by atoms with E-state index in [2.05, 4.69) is 14.7 Å². The van der Waals surface area contributed by atoms with E-state index in [1.165, 1.54) is 0 Å². The monoisotopic (exact) mass is 299 g/mol. The van der Waals surface area contributed by atoms with Gasteiger partial charge in [0.05, 0.1) is 4.90 Å². The van der Waals surface area contributed by atoms with Crippen LogP contribution in [0.2, 0.25) is 0 Å². The predicted molar refractivity (Wildman–Crippen MR) is 68.7 cm³/mol. The minimum Gasteiger partial charge on any atom is -0.247 e. The molecule has 0 aliphatic heterocycles. The van der Waals surface area contributed by atoms with E-state index in [1.807, 2.05) is 0 Å². The summed E-state index contributed by atoms with van der Waals surface area (Å²) in [4.78, 5) is 7.43. The summed E-state index contributed by atoms with van der Waals surface area (Å²) >= 11 is 0. The van der Waals surface area contributed by atoms with Crippen LogP contribution in [0.15, 0.2) is 29.2 Å². The number of hydrogen-bond donors (Lipinski definition) is 1. The molecule has 0 radical (unpaired) electrons. The highest BCUT2D eigenvalue weighted by Gasteiger charge is 2.18. The molecular weight excluding hydrogens is 288 g/mol. The molecule has 0 unspecified atom stereocenters. The van der Waals surface area contributed by atoms with E-state index < -0.39 is 26.6 Å². The van der Waals surface area contributed by atoms with Crippen molar-refractivity contribution in [3.05, 3.63) is 47.3 Å². The summed E-state index contributed by atoms with van der Waals surface area (Å²) in [5.74, 6) is -2.48. The average Bonchev–Trinajstić information content (AvgIpc) is 2.30. The van der Waals surface area contributed by atoms with Gasteiger partial charge in [-0.25, -0.2) is 31.9 Å². The van der Waals surface area contributed by atoms with Gasteiger partial charge in [0.15, 0.2) is 11.6 Å². The number of benzene rings is 1. The number of aromatic nitrogens is 2. The van der Waals surface area contributed by atoms with E-state index >= 15 is 0 Å². The van der Waals surface area contributed by atoms with Crippen molar-refractivity contribution in [3.63, 3.8) is 0 Å². The summed E-state index contributed by atoms with van der Waals surface area (Å²) in [6.07, 6.45) is 0. The van der Waals surface area contributed by atoms with Gasteiger partial charge in [-0.1, -0.05) is 0 Å². The fourth-order valence-corrected chi connectivity index (χ4v) is 2.55. The van der Waals surface area contributed by atoms with E-state index in [4.69, 9.17) is 0 Å². The molecule has 0 bridgehead atoms. The van der Waals surface area contributed by atoms with Crippen molar-refractivity contribution in [3.8, 4) is 0 Å². The summed E-state index contributed by atoms with van der Waals surface area (Å²) in [5.41, 5.74) is 1.17. The van der Waals surface area contributed by atoms with Gasteiger partial charge in [0, 0.05) is 11.4 Å². The summed E-state index contributed by atoms with van der Waals surface area (Å²) in [6, 6.07) is 3.98. The van der Waals surface area contributed by atoms with Crippen molar-refractivity contribution in [2.24, 2.45) is 0 Å². The first-order chi connectivity index (χ1) is 9.28. The number of anilines is 1. The number of nitrogens with zero attached hydrogens (tertiary/aromatic N) is 2. The number of sulfonamides is 1.